The van der Waals surface area contributed by atoms with Gasteiger partial charge in [-0.3, -0.25) is 4.90 Å². The molecule has 1 aliphatic heterocycles. The number of hydrogen-bond donors (Lipinski definition) is 1. The summed E-state index contributed by atoms with van der Waals surface area (Å²) in [5.41, 5.74) is 0. The van der Waals surface area contributed by atoms with E-state index in [1.165, 1.54) is 12.8 Å². The number of nitrogens with one attached hydrogen (secondary N) is 1. The van der Waals surface area contributed by atoms with Crippen molar-refractivity contribution in [1.82, 2.24) is 25.0 Å². The van der Waals surface area contributed by atoms with Crippen LogP contribution in [0.3, 0.4) is 0 Å². The molecule has 1 fully saturated rings. The molecule has 0 radical (unpaired) electrons. The predicted octanol–water partition coefficient (Wildman–Crippen LogP) is 0.950. The van der Waals surface area contributed by atoms with Gasteiger partial charge in [0, 0.05) is 19.6 Å². The van der Waals surface area contributed by atoms with E-state index in [-0.39, 0.29) is 0 Å². The van der Waals surface area contributed by atoms with E-state index in [9.17, 15) is 0 Å². The van der Waals surface area contributed by atoms with E-state index in [1.807, 2.05) is 11.6 Å². The molecular weight excluding hydrogens is 214 g/mol. The number of likely N-dealkylation sites (tertiary alicyclic amines) is 1. The van der Waals surface area contributed by atoms with E-state index in [1.54, 1.807) is 6.33 Å². The lowest BCUT2D eigenvalue weighted by Crippen LogP contribution is -2.46. The monoisotopic (exact) mass is 237 g/mol. The van der Waals surface area contributed by atoms with Crippen molar-refractivity contribution in [3.05, 3.63) is 12.2 Å². The van der Waals surface area contributed by atoms with Gasteiger partial charge in [-0.15, -0.1) is 10.2 Å². The van der Waals surface area contributed by atoms with Crippen LogP contribution >= 0.6 is 0 Å². The molecule has 0 saturated carbocycles. The lowest BCUT2D eigenvalue weighted by molar-refractivity contribution is 0.140. The Morgan fingerprint density at radius 1 is 1.59 bits per heavy atom. The molecule has 2 unspecified atom stereocenters. The molecule has 17 heavy (non-hydrogen) atoms. The van der Waals surface area contributed by atoms with Crippen molar-refractivity contribution < 1.29 is 0 Å². The average Bonchev–Trinajstić information content (AvgIpc) is 2.75. The fraction of sp³-hybridized carbons (Fsp3) is 0.833. The first-order valence-electron chi connectivity index (χ1n) is 6.53. The number of nitrogens with zero attached hydrogens (tertiary/aromatic N) is 4. The highest BCUT2D eigenvalue weighted by atomic mass is 15.3. The van der Waals surface area contributed by atoms with Crippen molar-refractivity contribution in [2.45, 2.75) is 38.8 Å². The second kappa shape index (κ2) is 5.60. The summed E-state index contributed by atoms with van der Waals surface area (Å²) in [4.78, 5) is 2.50. The summed E-state index contributed by atoms with van der Waals surface area (Å²) in [6.45, 7) is 7.72. The number of rotatable bonds is 4. The summed E-state index contributed by atoms with van der Waals surface area (Å²) in [5.74, 6) is 1.06. The van der Waals surface area contributed by atoms with Gasteiger partial charge < -0.3 is 9.88 Å². The third-order valence-electron chi connectivity index (χ3n) is 3.61. The molecule has 2 heterocycles. The molecule has 96 valence electrons. The van der Waals surface area contributed by atoms with Crippen LogP contribution in [0.5, 0.6) is 0 Å². The van der Waals surface area contributed by atoms with Gasteiger partial charge in [0.25, 0.3) is 0 Å². The van der Waals surface area contributed by atoms with Gasteiger partial charge in [0.2, 0.25) is 0 Å². The summed E-state index contributed by atoms with van der Waals surface area (Å²) >= 11 is 0. The fourth-order valence-electron chi connectivity index (χ4n) is 2.65. The van der Waals surface area contributed by atoms with Crippen molar-refractivity contribution in [2.24, 2.45) is 7.05 Å². The lowest BCUT2D eigenvalue weighted by atomic mass is 10.0. The third kappa shape index (κ3) is 2.84. The van der Waals surface area contributed by atoms with Crippen molar-refractivity contribution in [3.8, 4) is 0 Å². The molecule has 1 N–H and O–H groups in total. The first-order valence-corrected chi connectivity index (χ1v) is 6.53. The number of likely N-dealkylation sites (N-methyl/N-ethyl adjacent to an activating group) is 1. The smallest absolute Gasteiger partial charge is 0.149 e. The van der Waals surface area contributed by atoms with E-state index in [0.29, 0.717) is 12.1 Å². The zero-order valence-electron chi connectivity index (χ0n) is 11.1. The van der Waals surface area contributed by atoms with Gasteiger partial charge in [0.15, 0.2) is 0 Å². The van der Waals surface area contributed by atoms with Crippen LogP contribution in [0.2, 0.25) is 0 Å². The average molecular weight is 237 g/mol. The topological polar surface area (TPSA) is 46.0 Å². The molecule has 0 bridgehead atoms. The van der Waals surface area contributed by atoms with Gasteiger partial charge in [-0.05, 0) is 32.9 Å². The fourth-order valence-corrected chi connectivity index (χ4v) is 2.65. The van der Waals surface area contributed by atoms with E-state index < -0.39 is 0 Å². The normalized spacial score (nSPS) is 23.8. The number of aromatic nitrogens is 3. The minimum absolute atomic E-state index is 0.351. The van der Waals surface area contributed by atoms with Gasteiger partial charge in [-0.25, -0.2) is 0 Å². The van der Waals surface area contributed by atoms with Gasteiger partial charge >= 0.3 is 0 Å². The van der Waals surface area contributed by atoms with Crippen LogP contribution in [0.4, 0.5) is 0 Å². The molecule has 1 aliphatic rings. The SMILES string of the molecule is CCNC1CCCN(C(C)c2nncn2C)C1. The molecule has 5 nitrogen and oxygen atoms in total. The van der Waals surface area contributed by atoms with Crippen LogP contribution in [0.25, 0.3) is 0 Å². The van der Waals surface area contributed by atoms with E-state index in [2.05, 4.69) is 34.3 Å². The molecule has 1 aromatic heterocycles. The Morgan fingerprint density at radius 2 is 2.41 bits per heavy atom. The van der Waals surface area contributed by atoms with Gasteiger partial charge in [-0.2, -0.15) is 0 Å². The predicted molar refractivity (Wildman–Crippen MR) is 67.7 cm³/mol. The van der Waals surface area contributed by atoms with Crippen molar-refractivity contribution in [3.63, 3.8) is 0 Å². The Kier molecular flexibility index (Phi) is 4.12. The van der Waals surface area contributed by atoms with Crippen LogP contribution in [0, 0.1) is 0 Å². The van der Waals surface area contributed by atoms with Crippen LogP contribution in [0.15, 0.2) is 6.33 Å². The van der Waals surface area contributed by atoms with Crippen LogP contribution < -0.4 is 5.32 Å². The van der Waals surface area contributed by atoms with Crippen LogP contribution in [0.1, 0.15) is 38.6 Å². The minimum Gasteiger partial charge on any atom is -0.319 e. The molecule has 0 amide bonds. The zero-order valence-corrected chi connectivity index (χ0v) is 11.1. The standard InChI is InChI=1S/C12H23N5/c1-4-13-11-6-5-7-17(8-11)10(2)12-15-14-9-16(12)3/h9-11,13H,4-8H2,1-3H3. The maximum atomic E-state index is 4.21. The van der Waals surface area contributed by atoms with Crippen LogP contribution in [-0.4, -0.2) is 45.3 Å². The Hall–Kier alpha value is -0.940. The quantitative estimate of drug-likeness (QED) is 0.847. The molecule has 5 heteroatoms. The molecule has 1 aromatic rings. The first kappa shape index (κ1) is 12.5. The molecule has 1 saturated heterocycles. The molecule has 0 aromatic carbocycles. The Bertz CT molecular complexity index is 346. The number of hydrogen-bond acceptors (Lipinski definition) is 4. The van der Waals surface area contributed by atoms with E-state index in [4.69, 9.17) is 0 Å². The highest BCUT2D eigenvalue weighted by molar-refractivity contribution is 4.95. The summed E-state index contributed by atoms with van der Waals surface area (Å²) in [7, 11) is 2.01. The van der Waals surface area contributed by atoms with E-state index in [0.717, 1.165) is 25.5 Å². The summed E-state index contributed by atoms with van der Waals surface area (Å²) in [6.07, 6.45) is 4.33. The van der Waals surface area contributed by atoms with Crippen molar-refractivity contribution in [2.75, 3.05) is 19.6 Å². The van der Waals surface area contributed by atoms with Gasteiger partial charge in [-0.1, -0.05) is 6.92 Å². The summed E-state index contributed by atoms with van der Waals surface area (Å²) in [5, 5.41) is 11.7. The second-order valence-electron chi connectivity index (χ2n) is 4.87. The van der Waals surface area contributed by atoms with Gasteiger partial charge in [0.1, 0.15) is 12.2 Å². The first-order chi connectivity index (χ1) is 8.22. The molecule has 0 spiro atoms. The minimum atomic E-state index is 0.351. The van der Waals surface area contributed by atoms with Crippen molar-refractivity contribution >= 4 is 0 Å². The third-order valence-corrected chi connectivity index (χ3v) is 3.61. The molecular formula is C12H23N5. The van der Waals surface area contributed by atoms with Crippen molar-refractivity contribution in [1.29, 1.82) is 0 Å². The zero-order chi connectivity index (χ0) is 12.3. The van der Waals surface area contributed by atoms with E-state index >= 15 is 0 Å². The number of piperidine rings is 1. The number of aryl methyl sites for hydroxylation is 1. The summed E-state index contributed by atoms with van der Waals surface area (Å²) < 4.78 is 2.02. The molecule has 0 aliphatic carbocycles. The molecule has 2 rings (SSSR count). The van der Waals surface area contributed by atoms with Gasteiger partial charge in [0.05, 0.1) is 6.04 Å². The maximum Gasteiger partial charge on any atom is 0.149 e. The summed E-state index contributed by atoms with van der Waals surface area (Å²) in [6, 6.07) is 0.980. The highest BCUT2D eigenvalue weighted by Crippen LogP contribution is 2.22. The lowest BCUT2D eigenvalue weighted by Gasteiger charge is -2.36. The Morgan fingerprint density at radius 3 is 3.06 bits per heavy atom. The van der Waals surface area contributed by atoms with Crippen LogP contribution in [-0.2, 0) is 7.05 Å². The Balaban J connectivity index is 1.99. The maximum absolute atomic E-state index is 4.21. The largest absolute Gasteiger partial charge is 0.319 e. The second-order valence-corrected chi connectivity index (χ2v) is 4.87. The molecule has 2 atom stereocenters. The Labute approximate surface area is 103 Å². The highest BCUT2D eigenvalue weighted by Gasteiger charge is 2.25.